The molecule has 1 fully saturated rings. The van der Waals surface area contributed by atoms with Crippen LogP contribution in [0.2, 0.25) is 0 Å². The molecule has 0 unspecified atom stereocenters. The van der Waals surface area contributed by atoms with Gasteiger partial charge in [-0.2, -0.15) is 4.98 Å². The Morgan fingerprint density at radius 1 is 1.07 bits per heavy atom. The molecule has 1 aromatic heterocycles. The van der Waals surface area contributed by atoms with Crippen molar-refractivity contribution in [3.63, 3.8) is 0 Å². The van der Waals surface area contributed by atoms with Crippen molar-refractivity contribution in [2.45, 2.75) is 25.3 Å². The quantitative estimate of drug-likeness (QED) is 0.699. The van der Waals surface area contributed by atoms with Gasteiger partial charge in [-0.25, -0.2) is 8.78 Å². The van der Waals surface area contributed by atoms with Crippen molar-refractivity contribution in [3.05, 3.63) is 71.6 Å². The van der Waals surface area contributed by atoms with E-state index in [9.17, 15) is 13.6 Å². The summed E-state index contributed by atoms with van der Waals surface area (Å²) < 4.78 is 31.5. The zero-order valence-corrected chi connectivity index (χ0v) is 14.4. The highest BCUT2D eigenvalue weighted by atomic mass is 19.1. The van der Waals surface area contributed by atoms with Crippen LogP contribution in [0, 0.1) is 11.6 Å². The third kappa shape index (κ3) is 3.72. The Hall–Kier alpha value is -3.09. The minimum absolute atomic E-state index is 0.0642. The lowest BCUT2D eigenvalue weighted by molar-refractivity contribution is -0.131. The predicted molar refractivity (Wildman–Crippen MR) is 93.5 cm³/mol. The van der Waals surface area contributed by atoms with Crippen LogP contribution in [0.25, 0.3) is 11.4 Å². The summed E-state index contributed by atoms with van der Waals surface area (Å²) in [7, 11) is 0. The van der Waals surface area contributed by atoms with Crippen LogP contribution in [0.3, 0.4) is 0 Å². The number of hydrogen-bond acceptors (Lipinski definition) is 4. The van der Waals surface area contributed by atoms with Crippen molar-refractivity contribution in [2.75, 3.05) is 6.54 Å². The van der Waals surface area contributed by atoms with Gasteiger partial charge in [-0.3, -0.25) is 4.79 Å². The number of likely N-dealkylation sites (tertiary alicyclic amines) is 1. The van der Waals surface area contributed by atoms with E-state index in [1.54, 1.807) is 29.2 Å². The summed E-state index contributed by atoms with van der Waals surface area (Å²) in [6, 6.07) is 11.5. The lowest BCUT2D eigenvalue weighted by atomic mass is 10.1. The third-order valence-corrected chi connectivity index (χ3v) is 4.67. The van der Waals surface area contributed by atoms with E-state index >= 15 is 0 Å². The van der Waals surface area contributed by atoms with Crippen molar-refractivity contribution in [1.82, 2.24) is 15.0 Å². The largest absolute Gasteiger partial charge is 0.337 e. The van der Waals surface area contributed by atoms with Gasteiger partial charge in [0.15, 0.2) is 0 Å². The van der Waals surface area contributed by atoms with E-state index in [4.69, 9.17) is 4.52 Å². The highest BCUT2D eigenvalue weighted by molar-refractivity contribution is 5.79. The van der Waals surface area contributed by atoms with Gasteiger partial charge in [-0.1, -0.05) is 17.3 Å². The SMILES string of the molecule is O=C(Cc1ccc(F)cc1)N1CCC[C@H]1c1nc(-c2ccc(F)cc2)no1. The van der Waals surface area contributed by atoms with Crippen LogP contribution in [0.5, 0.6) is 0 Å². The molecule has 0 saturated carbocycles. The minimum atomic E-state index is -0.337. The van der Waals surface area contributed by atoms with Crippen molar-refractivity contribution < 1.29 is 18.1 Å². The fraction of sp³-hybridized carbons (Fsp3) is 0.250. The molecule has 27 heavy (non-hydrogen) atoms. The van der Waals surface area contributed by atoms with Gasteiger partial charge < -0.3 is 9.42 Å². The smallest absolute Gasteiger partial charge is 0.249 e. The second kappa shape index (κ2) is 7.26. The van der Waals surface area contributed by atoms with Crippen LogP contribution in [0.1, 0.15) is 30.3 Å². The van der Waals surface area contributed by atoms with Crippen LogP contribution in [-0.2, 0) is 11.2 Å². The number of hydrogen-bond donors (Lipinski definition) is 0. The number of nitrogens with zero attached hydrogens (tertiary/aromatic N) is 3. The van der Waals surface area contributed by atoms with E-state index in [0.717, 1.165) is 18.4 Å². The molecule has 1 saturated heterocycles. The number of amides is 1. The van der Waals surface area contributed by atoms with Gasteiger partial charge in [0.1, 0.15) is 17.7 Å². The molecule has 4 rings (SSSR count). The van der Waals surface area contributed by atoms with Gasteiger partial charge in [-0.15, -0.1) is 0 Å². The summed E-state index contributed by atoms with van der Waals surface area (Å²) in [4.78, 5) is 18.8. The molecule has 1 aliphatic rings. The van der Waals surface area contributed by atoms with Crippen LogP contribution >= 0.6 is 0 Å². The van der Waals surface area contributed by atoms with Crippen LogP contribution < -0.4 is 0 Å². The predicted octanol–water partition coefficient (Wildman–Crippen LogP) is 3.92. The molecule has 0 N–H and O–H groups in total. The lowest BCUT2D eigenvalue weighted by Crippen LogP contribution is -2.32. The summed E-state index contributed by atoms with van der Waals surface area (Å²) in [6.45, 7) is 0.610. The van der Waals surface area contributed by atoms with Crippen molar-refractivity contribution >= 4 is 5.91 Å². The van der Waals surface area contributed by atoms with Crippen molar-refractivity contribution in [3.8, 4) is 11.4 Å². The molecule has 0 spiro atoms. The second-order valence-corrected chi connectivity index (χ2v) is 6.51. The van der Waals surface area contributed by atoms with Gasteiger partial charge in [0, 0.05) is 12.1 Å². The molecule has 138 valence electrons. The van der Waals surface area contributed by atoms with Gasteiger partial charge in [0.25, 0.3) is 0 Å². The molecule has 3 aromatic rings. The molecule has 0 aliphatic carbocycles. The van der Waals surface area contributed by atoms with Crippen LogP contribution in [0.15, 0.2) is 53.1 Å². The molecule has 2 aromatic carbocycles. The summed E-state index contributed by atoms with van der Waals surface area (Å²) in [5, 5.41) is 3.96. The molecule has 0 radical (unpaired) electrons. The van der Waals surface area contributed by atoms with E-state index in [-0.39, 0.29) is 30.0 Å². The van der Waals surface area contributed by atoms with E-state index in [2.05, 4.69) is 10.1 Å². The summed E-state index contributed by atoms with van der Waals surface area (Å²) in [5.41, 5.74) is 1.40. The average molecular weight is 369 g/mol. The van der Waals surface area contributed by atoms with E-state index in [0.29, 0.717) is 23.8 Å². The zero-order valence-electron chi connectivity index (χ0n) is 14.4. The maximum Gasteiger partial charge on any atom is 0.249 e. The molecule has 5 nitrogen and oxygen atoms in total. The number of rotatable bonds is 4. The number of benzene rings is 2. The Labute approximate surface area is 154 Å². The molecule has 1 amide bonds. The molecule has 1 atom stereocenters. The average Bonchev–Trinajstić information content (AvgIpc) is 3.33. The molecule has 1 aliphatic heterocycles. The fourth-order valence-corrected chi connectivity index (χ4v) is 3.29. The first-order chi connectivity index (χ1) is 13.1. The monoisotopic (exact) mass is 369 g/mol. The van der Waals surface area contributed by atoms with Crippen molar-refractivity contribution in [1.29, 1.82) is 0 Å². The van der Waals surface area contributed by atoms with Crippen molar-refractivity contribution in [2.24, 2.45) is 0 Å². The number of carbonyl (C=O) groups is 1. The molecular formula is C20H17F2N3O2. The standard InChI is InChI=1S/C20H17F2N3O2/c21-15-7-3-13(4-8-15)12-18(26)25-11-1-2-17(25)20-23-19(24-27-20)14-5-9-16(22)10-6-14/h3-10,17H,1-2,11-12H2/t17-/m0/s1. The maximum absolute atomic E-state index is 13.1. The van der Waals surface area contributed by atoms with Gasteiger partial charge in [0.05, 0.1) is 6.42 Å². The first kappa shape index (κ1) is 17.3. The van der Waals surface area contributed by atoms with Crippen LogP contribution in [-0.4, -0.2) is 27.5 Å². The van der Waals surface area contributed by atoms with Gasteiger partial charge in [-0.05, 0) is 54.8 Å². The normalized spacial score (nSPS) is 16.7. The Bertz CT molecular complexity index is 939. The van der Waals surface area contributed by atoms with E-state index in [1.807, 2.05) is 0 Å². The highest BCUT2D eigenvalue weighted by Crippen LogP contribution is 2.32. The first-order valence-corrected chi connectivity index (χ1v) is 8.73. The fourth-order valence-electron chi connectivity index (χ4n) is 3.29. The molecule has 0 bridgehead atoms. The Morgan fingerprint density at radius 3 is 2.44 bits per heavy atom. The highest BCUT2D eigenvalue weighted by Gasteiger charge is 2.34. The number of aromatic nitrogens is 2. The topological polar surface area (TPSA) is 59.2 Å². The molecule has 2 heterocycles. The first-order valence-electron chi connectivity index (χ1n) is 8.73. The summed E-state index contributed by atoms with van der Waals surface area (Å²) >= 11 is 0. The Balaban J connectivity index is 1.50. The van der Waals surface area contributed by atoms with E-state index < -0.39 is 0 Å². The second-order valence-electron chi connectivity index (χ2n) is 6.51. The minimum Gasteiger partial charge on any atom is -0.337 e. The number of halogens is 2. The zero-order chi connectivity index (χ0) is 18.8. The lowest BCUT2D eigenvalue weighted by Gasteiger charge is -2.21. The van der Waals surface area contributed by atoms with Gasteiger partial charge in [0.2, 0.25) is 17.6 Å². The van der Waals surface area contributed by atoms with Gasteiger partial charge >= 0.3 is 0 Å². The Morgan fingerprint density at radius 2 is 1.74 bits per heavy atom. The third-order valence-electron chi connectivity index (χ3n) is 4.67. The maximum atomic E-state index is 13.1. The number of carbonyl (C=O) groups excluding carboxylic acids is 1. The molecule has 7 heteroatoms. The molecular weight excluding hydrogens is 352 g/mol. The Kier molecular flexibility index (Phi) is 4.66. The summed E-state index contributed by atoms with van der Waals surface area (Å²) in [6.07, 6.45) is 1.77. The van der Waals surface area contributed by atoms with Crippen LogP contribution in [0.4, 0.5) is 8.78 Å². The summed E-state index contributed by atoms with van der Waals surface area (Å²) in [5.74, 6) is 0.00742. The van der Waals surface area contributed by atoms with E-state index in [1.165, 1.54) is 24.3 Å².